The van der Waals surface area contributed by atoms with Gasteiger partial charge in [-0.15, -0.1) is 6.42 Å². The van der Waals surface area contributed by atoms with Gasteiger partial charge in [-0.3, -0.25) is 4.90 Å². The Labute approximate surface area is 57.0 Å². The summed E-state index contributed by atoms with van der Waals surface area (Å²) in [6.45, 7) is 4.27. The molecule has 1 aliphatic heterocycles. The summed E-state index contributed by atoms with van der Waals surface area (Å²) in [7, 11) is 0. The maximum absolute atomic E-state index is 5.18. The Morgan fingerprint density at radius 3 is 3.00 bits per heavy atom. The zero-order chi connectivity index (χ0) is 6.69. The predicted molar refractivity (Wildman–Crippen MR) is 39.1 cm³/mol. The highest BCUT2D eigenvalue weighted by Gasteiger charge is 2.17. The molecule has 0 aliphatic carbocycles. The SMILES string of the molecule is C#CCN1CCCC1C. The molecule has 1 heteroatoms. The van der Waals surface area contributed by atoms with E-state index in [0.29, 0.717) is 0 Å². The molecule has 1 heterocycles. The van der Waals surface area contributed by atoms with Crippen LogP contribution in [0.2, 0.25) is 0 Å². The van der Waals surface area contributed by atoms with Crippen LogP contribution >= 0.6 is 0 Å². The van der Waals surface area contributed by atoms with Gasteiger partial charge in [0.05, 0.1) is 6.54 Å². The molecule has 0 bridgehead atoms. The highest BCUT2D eigenvalue weighted by molar-refractivity contribution is 4.91. The van der Waals surface area contributed by atoms with Crippen LogP contribution in [-0.4, -0.2) is 24.0 Å². The van der Waals surface area contributed by atoms with Gasteiger partial charge in [-0.2, -0.15) is 0 Å². The third-order valence-corrected chi connectivity index (χ3v) is 1.98. The highest BCUT2D eigenvalue weighted by Crippen LogP contribution is 2.14. The van der Waals surface area contributed by atoms with Crippen LogP contribution in [0.3, 0.4) is 0 Å². The predicted octanol–water partition coefficient (Wildman–Crippen LogP) is 1.10. The van der Waals surface area contributed by atoms with Gasteiger partial charge < -0.3 is 0 Å². The van der Waals surface area contributed by atoms with E-state index >= 15 is 0 Å². The lowest BCUT2D eigenvalue weighted by Crippen LogP contribution is -2.26. The summed E-state index contributed by atoms with van der Waals surface area (Å²) < 4.78 is 0. The molecule has 50 valence electrons. The smallest absolute Gasteiger partial charge is 0.0601 e. The summed E-state index contributed by atoms with van der Waals surface area (Å²) in [4.78, 5) is 2.35. The van der Waals surface area contributed by atoms with Gasteiger partial charge in [0.1, 0.15) is 0 Å². The van der Waals surface area contributed by atoms with Gasteiger partial charge in [0, 0.05) is 6.04 Å². The van der Waals surface area contributed by atoms with E-state index in [1.807, 2.05) is 0 Å². The first kappa shape index (κ1) is 6.64. The first-order chi connectivity index (χ1) is 4.34. The lowest BCUT2D eigenvalue weighted by molar-refractivity contribution is 0.303. The quantitative estimate of drug-likeness (QED) is 0.472. The topological polar surface area (TPSA) is 3.24 Å². The molecule has 1 nitrogen and oxygen atoms in total. The van der Waals surface area contributed by atoms with Crippen molar-refractivity contribution in [2.24, 2.45) is 0 Å². The Kier molecular flexibility index (Phi) is 2.13. The zero-order valence-electron chi connectivity index (χ0n) is 5.93. The molecule has 1 unspecified atom stereocenters. The number of likely N-dealkylation sites (tertiary alicyclic amines) is 1. The number of rotatable bonds is 1. The van der Waals surface area contributed by atoms with Crippen molar-refractivity contribution in [2.75, 3.05) is 13.1 Å². The zero-order valence-corrected chi connectivity index (χ0v) is 5.93. The van der Waals surface area contributed by atoms with Crippen LogP contribution in [0, 0.1) is 12.3 Å². The second-order valence-corrected chi connectivity index (χ2v) is 2.67. The highest BCUT2D eigenvalue weighted by atomic mass is 15.2. The fourth-order valence-electron chi connectivity index (χ4n) is 1.34. The minimum atomic E-state index is 0.723. The van der Waals surface area contributed by atoms with Crippen molar-refractivity contribution in [3.05, 3.63) is 0 Å². The van der Waals surface area contributed by atoms with Crippen molar-refractivity contribution < 1.29 is 0 Å². The van der Waals surface area contributed by atoms with E-state index in [4.69, 9.17) is 6.42 Å². The van der Waals surface area contributed by atoms with E-state index in [9.17, 15) is 0 Å². The molecular formula is C8H13N. The van der Waals surface area contributed by atoms with Crippen LogP contribution in [-0.2, 0) is 0 Å². The standard InChI is InChI=1S/C8H13N/c1-3-6-9-7-4-5-8(9)2/h1,8H,4-7H2,2H3. The molecule has 0 aromatic carbocycles. The second kappa shape index (κ2) is 2.89. The lowest BCUT2D eigenvalue weighted by atomic mass is 10.2. The molecular weight excluding hydrogens is 110 g/mol. The molecule has 0 spiro atoms. The van der Waals surface area contributed by atoms with E-state index in [1.54, 1.807) is 0 Å². The molecule has 0 amide bonds. The number of hydrogen-bond acceptors (Lipinski definition) is 1. The maximum atomic E-state index is 5.18. The second-order valence-electron chi connectivity index (χ2n) is 2.67. The summed E-state index contributed by atoms with van der Waals surface area (Å²) in [5.74, 6) is 2.67. The Bertz CT molecular complexity index is 123. The summed E-state index contributed by atoms with van der Waals surface area (Å²) >= 11 is 0. The fraction of sp³-hybridized carbons (Fsp3) is 0.750. The average molecular weight is 123 g/mol. The third-order valence-electron chi connectivity index (χ3n) is 1.98. The monoisotopic (exact) mass is 123 g/mol. The van der Waals surface area contributed by atoms with Crippen LogP contribution in [0.15, 0.2) is 0 Å². The Balaban J connectivity index is 2.33. The van der Waals surface area contributed by atoms with Gasteiger partial charge in [-0.05, 0) is 26.3 Å². The Morgan fingerprint density at radius 2 is 2.56 bits per heavy atom. The molecule has 0 aromatic rings. The molecule has 1 aliphatic rings. The average Bonchev–Trinajstić information content (AvgIpc) is 2.18. The van der Waals surface area contributed by atoms with Gasteiger partial charge in [-0.1, -0.05) is 5.92 Å². The fourth-order valence-corrected chi connectivity index (χ4v) is 1.34. The molecule has 1 atom stereocenters. The van der Waals surface area contributed by atoms with Crippen molar-refractivity contribution in [2.45, 2.75) is 25.8 Å². The molecule has 0 saturated carbocycles. The largest absolute Gasteiger partial charge is 0.290 e. The number of nitrogens with zero attached hydrogens (tertiary/aromatic N) is 1. The van der Waals surface area contributed by atoms with Crippen molar-refractivity contribution in [3.8, 4) is 12.3 Å². The Morgan fingerprint density at radius 1 is 1.78 bits per heavy atom. The van der Waals surface area contributed by atoms with Crippen molar-refractivity contribution in [1.82, 2.24) is 4.90 Å². The van der Waals surface area contributed by atoms with Gasteiger partial charge in [-0.25, -0.2) is 0 Å². The summed E-state index contributed by atoms with van der Waals surface area (Å²) in [6, 6.07) is 0.723. The van der Waals surface area contributed by atoms with Gasteiger partial charge >= 0.3 is 0 Å². The summed E-state index contributed by atoms with van der Waals surface area (Å²) in [6.07, 6.45) is 7.82. The third kappa shape index (κ3) is 1.46. The molecule has 1 rings (SSSR count). The van der Waals surface area contributed by atoms with E-state index in [0.717, 1.165) is 12.6 Å². The normalized spacial score (nSPS) is 28.2. The van der Waals surface area contributed by atoms with E-state index in [2.05, 4.69) is 17.7 Å². The minimum absolute atomic E-state index is 0.723. The molecule has 0 radical (unpaired) electrons. The van der Waals surface area contributed by atoms with Crippen molar-refractivity contribution in [1.29, 1.82) is 0 Å². The minimum Gasteiger partial charge on any atom is -0.290 e. The molecule has 1 fully saturated rings. The van der Waals surface area contributed by atoms with Crippen molar-refractivity contribution in [3.63, 3.8) is 0 Å². The lowest BCUT2D eigenvalue weighted by Gasteiger charge is -2.16. The van der Waals surface area contributed by atoms with Crippen LogP contribution in [0.25, 0.3) is 0 Å². The van der Waals surface area contributed by atoms with Crippen LogP contribution < -0.4 is 0 Å². The summed E-state index contributed by atoms with van der Waals surface area (Å²) in [5.41, 5.74) is 0. The summed E-state index contributed by atoms with van der Waals surface area (Å²) in [5, 5.41) is 0. The van der Waals surface area contributed by atoms with Crippen LogP contribution in [0.4, 0.5) is 0 Å². The van der Waals surface area contributed by atoms with Gasteiger partial charge in [0.15, 0.2) is 0 Å². The first-order valence-corrected chi connectivity index (χ1v) is 3.52. The van der Waals surface area contributed by atoms with Gasteiger partial charge in [0.2, 0.25) is 0 Å². The van der Waals surface area contributed by atoms with E-state index in [-0.39, 0.29) is 0 Å². The van der Waals surface area contributed by atoms with Crippen molar-refractivity contribution >= 4 is 0 Å². The van der Waals surface area contributed by atoms with Gasteiger partial charge in [0.25, 0.3) is 0 Å². The Hall–Kier alpha value is -0.480. The molecule has 0 aromatic heterocycles. The molecule has 1 saturated heterocycles. The molecule has 0 N–H and O–H groups in total. The van der Waals surface area contributed by atoms with E-state index < -0.39 is 0 Å². The maximum Gasteiger partial charge on any atom is 0.0601 e. The van der Waals surface area contributed by atoms with E-state index in [1.165, 1.54) is 19.4 Å². The first-order valence-electron chi connectivity index (χ1n) is 3.52. The van der Waals surface area contributed by atoms with Crippen LogP contribution in [0.1, 0.15) is 19.8 Å². The van der Waals surface area contributed by atoms with Crippen LogP contribution in [0.5, 0.6) is 0 Å². The molecule has 9 heavy (non-hydrogen) atoms. The number of hydrogen-bond donors (Lipinski definition) is 0. The number of terminal acetylenes is 1.